The number of β-amino-alcohol motifs (C(OH)–C–C–N with tert-alkyl or cyclic N) is 1. The second-order valence-electron chi connectivity index (χ2n) is 4.44. The molecule has 2 unspecified atom stereocenters. The summed E-state index contributed by atoms with van der Waals surface area (Å²) in [7, 11) is 0. The number of rotatable bonds is 4. The van der Waals surface area contributed by atoms with Crippen LogP contribution in [0.1, 0.15) is 25.7 Å². The molecule has 0 spiro atoms. The van der Waals surface area contributed by atoms with Gasteiger partial charge in [-0.05, 0) is 25.2 Å². The minimum atomic E-state index is -0.719. The third-order valence-electron chi connectivity index (χ3n) is 3.21. The largest absolute Gasteiger partial charge is 0.481 e. The van der Waals surface area contributed by atoms with Crippen molar-refractivity contribution in [1.29, 1.82) is 0 Å². The summed E-state index contributed by atoms with van der Waals surface area (Å²) >= 11 is 0. The van der Waals surface area contributed by atoms with Crippen molar-refractivity contribution in [3.8, 4) is 0 Å². The molecule has 0 amide bonds. The molecule has 4 heteroatoms. The van der Waals surface area contributed by atoms with Crippen molar-refractivity contribution in [3.63, 3.8) is 0 Å². The number of carbonyl (C=O) groups is 1. The summed E-state index contributed by atoms with van der Waals surface area (Å²) in [6.07, 6.45) is 3.10. The molecule has 0 aromatic carbocycles. The van der Waals surface area contributed by atoms with Gasteiger partial charge in [0.2, 0.25) is 0 Å². The Balaban J connectivity index is 1.92. The van der Waals surface area contributed by atoms with Crippen LogP contribution in [0, 0.1) is 5.92 Å². The summed E-state index contributed by atoms with van der Waals surface area (Å²) in [5, 5.41) is 18.2. The first-order valence-corrected chi connectivity index (χ1v) is 5.30. The van der Waals surface area contributed by atoms with Gasteiger partial charge in [0.1, 0.15) is 0 Å². The lowest BCUT2D eigenvalue weighted by atomic mass is 10.1. The molecular weight excluding hydrogens is 182 g/mol. The van der Waals surface area contributed by atoms with Crippen LogP contribution >= 0.6 is 0 Å². The molecule has 80 valence electrons. The van der Waals surface area contributed by atoms with E-state index in [4.69, 9.17) is 5.11 Å². The fourth-order valence-electron chi connectivity index (χ4n) is 2.32. The van der Waals surface area contributed by atoms with E-state index in [-0.39, 0.29) is 18.6 Å². The van der Waals surface area contributed by atoms with E-state index in [0.29, 0.717) is 12.5 Å². The van der Waals surface area contributed by atoms with E-state index in [1.165, 1.54) is 0 Å². The molecule has 2 atom stereocenters. The second-order valence-corrected chi connectivity index (χ2v) is 4.44. The second kappa shape index (κ2) is 3.87. The molecule has 2 rings (SSSR count). The first-order valence-electron chi connectivity index (χ1n) is 5.30. The van der Waals surface area contributed by atoms with Crippen molar-refractivity contribution in [2.24, 2.45) is 5.92 Å². The monoisotopic (exact) mass is 199 g/mol. The van der Waals surface area contributed by atoms with E-state index in [0.717, 1.165) is 25.8 Å². The van der Waals surface area contributed by atoms with Crippen LogP contribution in [0.5, 0.6) is 0 Å². The average molecular weight is 199 g/mol. The van der Waals surface area contributed by atoms with Gasteiger partial charge in [0.05, 0.1) is 12.5 Å². The number of aliphatic carboxylic acids is 1. The Morgan fingerprint density at radius 3 is 2.57 bits per heavy atom. The quantitative estimate of drug-likeness (QED) is 0.684. The molecule has 0 aromatic rings. The van der Waals surface area contributed by atoms with Gasteiger partial charge < -0.3 is 10.2 Å². The van der Waals surface area contributed by atoms with E-state index in [2.05, 4.69) is 4.90 Å². The predicted molar refractivity (Wildman–Crippen MR) is 51.0 cm³/mol. The standard InChI is InChI=1S/C10H17NO3/c12-8-3-4-11(6-8)9(5-10(13)14)7-1-2-7/h7-9,12H,1-6H2,(H,13,14). The van der Waals surface area contributed by atoms with E-state index < -0.39 is 5.97 Å². The molecular formula is C10H17NO3. The highest BCUT2D eigenvalue weighted by atomic mass is 16.4. The predicted octanol–water partition coefficient (Wildman–Crippen LogP) is 0.306. The third-order valence-corrected chi connectivity index (χ3v) is 3.21. The highest BCUT2D eigenvalue weighted by Crippen LogP contribution is 2.38. The molecule has 0 aromatic heterocycles. The molecule has 2 fully saturated rings. The van der Waals surface area contributed by atoms with Crippen molar-refractivity contribution in [2.75, 3.05) is 13.1 Å². The minimum absolute atomic E-state index is 0.171. The van der Waals surface area contributed by atoms with Gasteiger partial charge in [-0.3, -0.25) is 9.69 Å². The molecule has 0 radical (unpaired) electrons. The Kier molecular flexibility index (Phi) is 2.74. The minimum Gasteiger partial charge on any atom is -0.481 e. The lowest BCUT2D eigenvalue weighted by molar-refractivity contribution is -0.138. The van der Waals surface area contributed by atoms with Crippen molar-refractivity contribution in [3.05, 3.63) is 0 Å². The van der Waals surface area contributed by atoms with Crippen LogP contribution in [0.15, 0.2) is 0 Å². The molecule has 1 heterocycles. The normalized spacial score (nSPS) is 30.5. The number of hydrogen-bond acceptors (Lipinski definition) is 3. The number of likely N-dealkylation sites (tertiary alicyclic amines) is 1. The summed E-state index contributed by atoms with van der Waals surface area (Å²) in [5.74, 6) is -0.153. The maximum atomic E-state index is 10.7. The number of aliphatic hydroxyl groups excluding tert-OH is 1. The number of nitrogens with zero attached hydrogens (tertiary/aromatic N) is 1. The molecule has 0 bridgehead atoms. The molecule has 14 heavy (non-hydrogen) atoms. The van der Waals surface area contributed by atoms with Crippen LogP contribution in [-0.4, -0.2) is 46.3 Å². The number of carboxylic acids is 1. The van der Waals surface area contributed by atoms with Gasteiger partial charge in [-0.2, -0.15) is 0 Å². The van der Waals surface area contributed by atoms with E-state index >= 15 is 0 Å². The van der Waals surface area contributed by atoms with Crippen LogP contribution in [-0.2, 0) is 4.79 Å². The highest BCUT2D eigenvalue weighted by Gasteiger charge is 2.38. The molecule has 4 nitrogen and oxygen atoms in total. The Bertz CT molecular complexity index is 227. The zero-order valence-electron chi connectivity index (χ0n) is 8.22. The molecule has 1 aliphatic heterocycles. The zero-order valence-corrected chi connectivity index (χ0v) is 8.22. The summed E-state index contributed by atoms with van der Waals surface area (Å²) in [4.78, 5) is 12.8. The van der Waals surface area contributed by atoms with E-state index in [1.807, 2.05) is 0 Å². The summed E-state index contributed by atoms with van der Waals surface area (Å²) in [6.45, 7) is 1.52. The van der Waals surface area contributed by atoms with Crippen molar-refractivity contribution in [2.45, 2.75) is 37.8 Å². The fraction of sp³-hybridized carbons (Fsp3) is 0.900. The Morgan fingerprint density at radius 1 is 1.43 bits per heavy atom. The highest BCUT2D eigenvalue weighted by molar-refractivity contribution is 5.67. The first-order chi connectivity index (χ1) is 6.66. The zero-order chi connectivity index (χ0) is 10.1. The van der Waals surface area contributed by atoms with Crippen molar-refractivity contribution >= 4 is 5.97 Å². The number of aliphatic hydroxyl groups is 1. The van der Waals surface area contributed by atoms with Crippen LogP contribution in [0.4, 0.5) is 0 Å². The van der Waals surface area contributed by atoms with Crippen molar-refractivity contribution in [1.82, 2.24) is 4.90 Å². The summed E-state index contributed by atoms with van der Waals surface area (Å²) in [6, 6.07) is 0.171. The molecule has 1 saturated heterocycles. The lowest BCUT2D eigenvalue weighted by Gasteiger charge is -2.26. The average Bonchev–Trinajstić information content (AvgIpc) is 2.85. The van der Waals surface area contributed by atoms with Crippen LogP contribution in [0.25, 0.3) is 0 Å². The Labute approximate surface area is 83.5 Å². The van der Waals surface area contributed by atoms with Gasteiger partial charge in [-0.25, -0.2) is 0 Å². The van der Waals surface area contributed by atoms with Gasteiger partial charge in [-0.15, -0.1) is 0 Å². The third kappa shape index (κ3) is 2.25. The topological polar surface area (TPSA) is 60.8 Å². The first kappa shape index (κ1) is 9.93. The molecule has 1 saturated carbocycles. The Morgan fingerprint density at radius 2 is 2.14 bits per heavy atom. The number of carboxylic acid groups (broad SMARTS) is 1. The SMILES string of the molecule is O=C(O)CC(C1CC1)N1CCC(O)C1. The fourth-order valence-corrected chi connectivity index (χ4v) is 2.32. The molecule has 2 N–H and O–H groups in total. The summed E-state index contributed by atoms with van der Waals surface area (Å²) in [5.41, 5.74) is 0. The van der Waals surface area contributed by atoms with E-state index in [9.17, 15) is 9.90 Å². The summed E-state index contributed by atoms with van der Waals surface area (Å²) < 4.78 is 0. The maximum Gasteiger partial charge on any atom is 0.304 e. The van der Waals surface area contributed by atoms with Gasteiger partial charge in [-0.1, -0.05) is 0 Å². The lowest BCUT2D eigenvalue weighted by Crippen LogP contribution is -2.37. The van der Waals surface area contributed by atoms with Gasteiger partial charge in [0.25, 0.3) is 0 Å². The van der Waals surface area contributed by atoms with Crippen molar-refractivity contribution < 1.29 is 15.0 Å². The van der Waals surface area contributed by atoms with Crippen LogP contribution in [0.3, 0.4) is 0 Å². The van der Waals surface area contributed by atoms with Crippen LogP contribution < -0.4 is 0 Å². The smallest absolute Gasteiger partial charge is 0.304 e. The molecule has 2 aliphatic rings. The van der Waals surface area contributed by atoms with Gasteiger partial charge >= 0.3 is 5.97 Å². The Hall–Kier alpha value is -0.610. The van der Waals surface area contributed by atoms with Gasteiger partial charge in [0.15, 0.2) is 0 Å². The maximum absolute atomic E-state index is 10.7. The van der Waals surface area contributed by atoms with E-state index in [1.54, 1.807) is 0 Å². The molecule has 1 aliphatic carbocycles. The van der Waals surface area contributed by atoms with Gasteiger partial charge in [0, 0.05) is 19.1 Å². The van der Waals surface area contributed by atoms with Crippen LogP contribution in [0.2, 0.25) is 0 Å². The number of hydrogen-bond donors (Lipinski definition) is 2.